The lowest BCUT2D eigenvalue weighted by Crippen LogP contribution is -2.09. The van der Waals surface area contributed by atoms with Crippen LogP contribution in [0.25, 0.3) is 11.3 Å². The molecule has 0 saturated heterocycles. The molecule has 1 N–H and O–H groups in total. The molecule has 0 saturated carbocycles. The lowest BCUT2D eigenvalue weighted by atomic mass is 10.0. The number of hydrogen-bond acceptors (Lipinski definition) is 4. The van der Waals surface area contributed by atoms with E-state index in [1.165, 1.54) is 0 Å². The molecule has 3 aromatic rings. The molecule has 2 aromatic carbocycles. The van der Waals surface area contributed by atoms with E-state index in [1.54, 1.807) is 12.1 Å². The second-order valence-corrected chi connectivity index (χ2v) is 7.40. The number of benzene rings is 2. The monoisotopic (exact) mass is 405 g/mol. The number of aromatic nitrogens is 1. The van der Waals surface area contributed by atoms with Crippen molar-refractivity contribution >= 4 is 5.97 Å². The standard InChI is InChI=1S/C25H27NO4/c1-5-12-29-23-11-7-16(2)13-20(23)21-10-9-19(25(27)28)22(26-21)15-30-24-14-17(3)6-8-18(24)4/h6-11,13-14H,5,12,15H2,1-4H3,(H,27,28). The van der Waals surface area contributed by atoms with E-state index in [1.807, 2.05) is 57.2 Å². The molecule has 3 rings (SSSR count). The summed E-state index contributed by atoms with van der Waals surface area (Å²) in [5.41, 5.74) is 5.15. The maximum atomic E-state index is 11.7. The first-order chi connectivity index (χ1) is 14.4. The van der Waals surface area contributed by atoms with Gasteiger partial charge in [0.1, 0.15) is 18.1 Å². The number of nitrogens with zero attached hydrogens (tertiary/aromatic N) is 1. The van der Waals surface area contributed by atoms with Gasteiger partial charge in [0.05, 0.1) is 23.6 Å². The van der Waals surface area contributed by atoms with Crippen LogP contribution >= 0.6 is 0 Å². The van der Waals surface area contributed by atoms with Crippen LogP contribution in [0.3, 0.4) is 0 Å². The molecule has 0 aliphatic heterocycles. The lowest BCUT2D eigenvalue weighted by Gasteiger charge is -2.15. The highest BCUT2D eigenvalue weighted by molar-refractivity contribution is 5.89. The topological polar surface area (TPSA) is 68.7 Å². The molecule has 5 nitrogen and oxygen atoms in total. The first-order valence-corrected chi connectivity index (χ1v) is 10.1. The van der Waals surface area contributed by atoms with Crippen molar-refractivity contribution < 1.29 is 19.4 Å². The van der Waals surface area contributed by atoms with E-state index in [0.29, 0.717) is 18.0 Å². The van der Waals surface area contributed by atoms with E-state index in [4.69, 9.17) is 9.47 Å². The highest BCUT2D eigenvalue weighted by atomic mass is 16.5. The largest absolute Gasteiger partial charge is 0.493 e. The zero-order valence-electron chi connectivity index (χ0n) is 17.9. The van der Waals surface area contributed by atoms with Crippen molar-refractivity contribution in [3.8, 4) is 22.8 Å². The van der Waals surface area contributed by atoms with Crippen molar-refractivity contribution in [2.45, 2.75) is 40.7 Å². The Bertz CT molecular complexity index is 1060. The van der Waals surface area contributed by atoms with Crippen LogP contribution in [0.5, 0.6) is 11.5 Å². The van der Waals surface area contributed by atoms with Gasteiger partial charge in [0, 0.05) is 5.56 Å². The van der Waals surface area contributed by atoms with Gasteiger partial charge >= 0.3 is 5.97 Å². The van der Waals surface area contributed by atoms with E-state index in [-0.39, 0.29) is 12.2 Å². The molecule has 156 valence electrons. The van der Waals surface area contributed by atoms with Crippen LogP contribution in [-0.4, -0.2) is 22.7 Å². The van der Waals surface area contributed by atoms with Gasteiger partial charge in [-0.2, -0.15) is 0 Å². The van der Waals surface area contributed by atoms with Crippen molar-refractivity contribution in [2.75, 3.05) is 6.61 Å². The van der Waals surface area contributed by atoms with E-state index in [2.05, 4.69) is 11.9 Å². The van der Waals surface area contributed by atoms with Crippen LogP contribution in [0.15, 0.2) is 48.5 Å². The summed E-state index contributed by atoms with van der Waals surface area (Å²) in [6, 6.07) is 15.2. The maximum Gasteiger partial charge on any atom is 0.337 e. The summed E-state index contributed by atoms with van der Waals surface area (Å²) in [5.74, 6) is 0.431. The number of carboxylic acids is 1. The molecule has 0 radical (unpaired) electrons. The Kier molecular flexibility index (Phi) is 6.72. The molecule has 0 spiro atoms. The molecule has 5 heteroatoms. The summed E-state index contributed by atoms with van der Waals surface area (Å²) in [5, 5.41) is 9.62. The molecular weight excluding hydrogens is 378 g/mol. The molecule has 1 heterocycles. The summed E-state index contributed by atoms with van der Waals surface area (Å²) < 4.78 is 11.8. The first kappa shape index (κ1) is 21.4. The van der Waals surface area contributed by atoms with Crippen LogP contribution in [0.2, 0.25) is 0 Å². The second kappa shape index (κ2) is 9.44. The predicted octanol–water partition coefficient (Wildman–Crippen LogP) is 5.74. The Balaban J connectivity index is 1.98. The third-order valence-electron chi connectivity index (χ3n) is 4.79. The van der Waals surface area contributed by atoms with Gasteiger partial charge in [0.2, 0.25) is 0 Å². The Hall–Kier alpha value is -3.34. The van der Waals surface area contributed by atoms with Gasteiger partial charge in [0.25, 0.3) is 0 Å². The molecule has 0 amide bonds. The maximum absolute atomic E-state index is 11.7. The van der Waals surface area contributed by atoms with Crippen molar-refractivity contribution in [1.29, 1.82) is 0 Å². The van der Waals surface area contributed by atoms with Crippen molar-refractivity contribution in [3.63, 3.8) is 0 Å². The smallest absolute Gasteiger partial charge is 0.337 e. The predicted molar refractivity (Wildman–Crippen MR) is 117 cm³/mol. The molecule has 0 aliphatic carbocycles. The van der Waals surface area contributed by atoms with Gasteiger partial charge in [-0.15, -0.1) is 0 Å². The Morgan fingerprint density at radius 3 is 2.40 bits per heavy atom. The average Bonchev–Trinajstić information content (AvgIpc) is 2.73. The van der Waals surface area contributed by atoms with Gasteiger partial charge < -0.3 is 14.6 Å². The Morgan fingerprint density at radius 2 is 1.67 bits per heavy atom. The molecule has 0 atom stereocenters. The van der Waals surface area contributed by atoms with Crippen LogP contribution in [0.4, 0.5) is 0 Å². The summed E-state index contributed by atoms with van der Waals surface area (Å²) in [6.07, 6.45) is 0.896. The molecule has 0 aliphatic rings. The fourth-order valence-corrected chi connectivity index (χ4v) is 3.15. The van der Waals surface area contributed by atoms with Crippen molar-refractivity contribution in [1.82, 2.24) is 4.98 Å². The number of aromatic carboxylic acids is 1. The van der Waals surface area contributed by atoms with E-state index in [9.17, 15) is 9.90 Å². The number of carbonyl (C=O) groups is 1. The molecule has 30 heavy (non-hydrogen) atoms. The van der Waals surface area contributed by atoms with Crippen LogP contribution in [0.1, 0.15) is 46.1 Å². The highest BCUT2D eigenvalue weighted by Crippen LogP contribution is 2.31. The quantitative estimate of drug-likeness (QED) is 0.517. The molecular formula is C25H27NO4. The van der Waals surface area contributed by atoms with Gasteiger partial charge in [-0.1, -0.05) is 30.7 Å². The minimum Gasteiger partial charge on any atom is -0.493 e. The van der Waals surface area contributed by atoms with Gasteiger partial charge in [-0.3, -0.25) is 0 Å². The summed E-state index contributed by atoms with van der Waals surface area (Å²) >= 11 is 0. The molecule has 0 fully saturated rings. The van der Waals surface area contributed by atoms with Crippen molar-refractivity contribution in [2.24, 2.45) is 0 Å². The van der Waals surface area contributed by atoms with E-state index in [0.717, 1.165) is 40.2 Å². The van der Waals surface area contributed by atoms with Crippen LogP contribution < -0.4 is 9.47 Å². The number of pyridine rings is 1. The Morgan fingerprint density at radius 1 is 0.933 bits per heavy atom. The Labute approximate surface area is 177 Å². The molecule has 0 unspecified atom stereocenters. The lowest BCUT2D eigenvalue weighted by molar-refractivity contribution is 0.0693. The van der Waals surface area contributed by atoms with Crippen LogP contribution in [0, 0.1) is 20.8 Å². The fourth-order valence-electron chi connectivity index (χ4n) is 3.15. The third-order valence-corrected chi connectivity index (χ3v) is 4.79. The van der Waals surface area contributed by atoms with Gasteiger partial charge in [0.15, 0.2) is 0 Å². The fraction of sp³-hybridized carbons (Fsp3) is 0.280. The number of aryl methyl sites for hydroxylation is 3. The second-order valence-electron chi connectivity index (χ2n) is 7.40. The average molecular weight is 405 g/mol. The summed E-state index contributed by atoms with van der Waals surface area (Å²) in [6.45, 7) is 8.67. The van der Waals surface area contributed by atoms with Gasteiger partial charge in [-0.05, 0) is 68.7 Å². The number of rotatable bonds is 8. The summed E-state index contributed by atoms with van der Waals surface area (Å²) in [4.78, 5) is 16.4. The van der Waals surface area contributed by atoms with Crippen LogP contribution in [-0.2, 0) is 6.61 Å². The number of ether oxygens (including phenoxy) is 2. The van der Waals surface area contributed by atoms with E-state index < -0.39 is 5.97 Å². The number of carboxylic acid groups (broad SMARTS) is 1. The zero-order chi connectivity index (χ0) is 21.7. The molecule has 0 bridgehead atoms. The highest BCUT2D eigenvalue weighted by Gasteiger charge is 2.16. The third kappa shape index (κ3) is 4.98. The van der Waals surface area contributed by atoms with Crippen molar-refractivity contribution in [3.05, 3.63) is 76.5 Å². The zero-order valence-corrected chi connectivity index (χ0v) is 17.9. The molecule has 1 aromatic heterocycles. The van der Waals surface area contributed by atoms with Gasteiger partial charge in [-0.25, -0.2) is 9.78 Å². The minimum absolute atomic E-state index is 0.0662. The first-order valence-electron chi connectivity index (χ1n) is 10.1. The normalized spacial score (nSPS) is 10.7. The SMILES string of the molecule is CCCOc1ccc(C)cc1-c1ccc(C(=O)O)c(COc2cc(C)ccc2C)n1. The minimum atomic E-state index is -1.03. The number of hydrogen-bond donors (Lipinski definition) is 1. The van der Waals surface area contributed by atoms with E-state index >= 15 is 0 Å². The summed E-state index contributed by atoms with van der Waals surface area (Å²) in [7, 11) is 0.